The molecule has 9 heteroatoms. The molecular weight excluding hydrogens is 478 g/mol. The van der Waals surface area contributed by atoms with E-state index in [0.717, 1.165) is 54.6 Å². The highest BCUT2D eigenvalue weighted by Gasteiger charge is 2.24. The van der Waals surface area contributed by atoms with Crippen LogP contribution in [0.2, 0.25) is 5.02 Å². The van der Waals surface area contributed by atoms with Gasteiger partial charge >= 0.3 is 6.09 Å². The Hall–Kier alpha value is -3.57. The molecule has 2 aromatic carbocycles. The maximum Gasteiger partial charge on any atom is 0.404 e. The van der Waals surface area contributed by atoms with E-state index in [0.29, 0.717) is 31.0 Å². The Bertz CT molecular complexity index is 1200. The van der Waals surface area contributed by atoms with Gasteiger partial charge in [-0.05, 0) is 56.0 Å². The van der Waals surface area contributed by atoms with Gasteiger partial charge in [0.15, 0.2) is 0 Å². The van der Waals surface area contributed by atoms with E-state index in [-0.39, 0.29) is 12.0 Å². The Labute approximate surface area is 216 Å². The minimum Gasteiger partial charge on any atom is -0.446 e. The van der Waals surface area contributed by atoms with Crippen molar-refractivity contribution in [2.24, 2.45) is 5.73 Å². The second-order valence-corrected chi connectivity index (χ2v) is 9.07. The fourth-order valence-corrected chi connectivity index (χ4v) is 3.89. The molecule has 1 aliphatic rings. The number of halogens is 1. The summed E-state index contributed by atoms with van der Waals surface area (Å²) in [4.78, 5) is 29.4. The number of fused-ring (bicyclic) bond motifs is 1. The summed E-state index contributed by atoms with van der Waals surface area (Å²) in [5.41, 5.74) is 7.31. The van der Waals surface area contributed by atoms with Crippen LogP contribution in [0.1, 0.15) is 57.7 Å². The number of ether oxygens (including phenoxy) is 1. The van der Waals surface area contributed by atoms with Crippen molar-refractivity contribution in [2.75, 3.05) is 4.90 Å². The SMILES string of the molecule is CCCCC(=O)N(Cc1nc2cc(Cl)ccc2n1CCCC#N)c1ccccc1.NC(=O)OC1CC1. The zero-order valence-corrected chi connectivity index (χ0v) is 21.3. The Morgan fingerprint density at radius 1 is 1.22 bits per heavy atom. The lowest BCUT2D eigenvalue weighted by Crippen LogP contribution is -2.31. The molecule has 190 valence electrons. The van der Waals surface area contributed by atoms with Gasteiger partial charge in [-0.3, -0.25) is 4.79 Å². The van der Waals surface area contributed by atoms with Crippen molar-refractivity contribution < 1.29 is 14.3 Å². The lowest BCUT2D eigenvalue weighted by atomic mass is 10.2. The number of nitrogens with zero attached hydrogens (tertiary/aromatic N) is 4. The van der Waals surface area contributed by atoms with Gasteiger partial charge in [-0.25, -0.2) is 9.78 Å². The second kappa shape index (κ2) is 13.5. The van der Waals surface area contributed by atoms with Gasteiger partial charge in [0.2, 0.25) is 5.91 Å². The molecule has 1 heterocycles. The maximum absolute atomic E-state index is 13.0. The van der Waals surface area contributed by atoms with Crippen LogP contribution in [0.15, 0.2) is 48.5 Å². The first kappa shape index (κ1) is 27.0. The molecule has 1 aliphatic carbocycles. The largest absolute Gasteiger partial charge is 0.446 e. The van der Waals surface area contributed by atoms with Gasteiger partial charge in [-0.15, -0.1) is 0 Å². The van der Waals surface area contributed by atoms with Crippen molar-refractivity contribution >= 4 is 40.3 Å². The highest BCUT2D eigenvalue weighted by Crippen LogP contribution is 2.25. The molecule has 0 unspecified atom stereocenters. The molecule has 2 N–H and O–H groups in total. The summed E-state index contributed by atoms with van der Waals surface area (Å²) in [6.45, 7) is 3.14. The van der Waals surface area contributed by atoms with E-state index in [2.05, 4.69) is 28.0 Å². The first-order valence-electron chi connectivity index (χ1n) is 12.3. The van der Waals surface area contributed by atoms with Crippen LogP contribution in [0.3, 0.4) is 0 Å². The predicted molar refractivity (Wildman–Crippen MR) is 140 cm³/mol. The number of hydrogen-bond donors (Lipinski definition) is 1. The molecule has 0 bridgehead atoms. The number of para-hydroxylation sites is 1. The Kier molecular flexibility index (Phi) is 10.1. The van der Waals surface area contributed by atoms with Crippen LogP contribution >= 0.6 is 11.6 Å². The minimum absolute atomic E-state index is 0.0895. The number of aromatic nitrogens is 2. The summed E-state index contributed by atoms with van der Waals surface area (Å²) in [7, 11) is 0. The summed E-state index contributed by atoms with van der Waals surface area (Å²) < 4.78 is 6.60. The van der Waals surface area contributed by atoms with E-state index in [4.69, 9.17) is 21.8 Å². The zero-order chi connectivity index (χ0) is 25.9. The number of carbonyl (C=O) groups is 2. The third-order valence-corrected chi connectivity index (χ3v) is 5.91. The highest BCUT2D eigenvalue weighted by atomic mass is 35.5. The van der Waals surface area contributed by atoms with Crippen molar-refractivity contribution in [3.8, 4) is 6.07 Å². The monoisotopic (exact) mass is 509 g/mol. The van der Waals surface area contributed by atoms with Gasteiger partial charge in [-0.1, -0.05) is 43.1 Å². The van der Waals surface area contributed by atoms with Gasteiger partial charge in [0, 0.05) is 30.1 Å². The van der Waals surface area contributed by atoms with Crippen molar-refractivity contribution in [3.05, 3.63) is 59.4 Å². The topological polar surface area (TPSA) is 114 Å². The lowest BCUT2D eigenvalue weighted by Gasteiger charge is -2.23. The highest BCUT2D eigenvalue weighted by molar-refractivity contribution is 6.31. The molecule has 0 saturated heterocycles. The number of amides is 2. The van der Waals surface area contributed by atoms with Gasteiger partial charge in [0.25, 0.3) is 0 Å². The molecule has 0 aliphatic heterocycles. The number of nitriles is 1. The normalized spacial score (nSPS) is 12.4. The minimum atomic E-state index is -0.650. The fourth-order valence-electron chi connectivity index (χ4n) is 3.73. The number of aryl methyl sites for hydroxylation is 1. The average Bonchev–Trinajstić information content (AvgIpc) is 3.61. The number of carbonyl (C=O) groups excluding carboxylic acids is 2. The van der Waals surface area contributed by atoms with E-state index in [1.165, 1.54) is 0 Å². The standard InChI is InChI=1S/C23H25ClN4O.C4H7NO2/c1-2-3-11-23(29)28(19-9-5-4-6-10-19)17-22-26-20-16-18(24)12-13-21(20)27(22)15-8-7-14-25;5-4(6)7-3-1-2-3/h4-6,9-10,12-13,16H,2-3,7-8,11,15,17H2,1H3;3H,1-2H2,(H2,5,6). The molecule has 1 saturated carbocycles. The lowest BCUT2D eigenvalue weighted by molar-refractivity contribution is -0.118. The first-order valence-corrected chi connectivity index (χ1v) is 12.6. The third-order valence-electron chi connectivity index (χ3n) is 5.68. The van der Waals surface area contributed by atoms with E-state index >= 15 is 0 Å². The number of imidazole rings is 1. The first-order chi connectivity index (χ1) is 17.4. The van der Waals surface area contributed by atoms with Crippen LogP contribution < -0.4 is 10.6 Å². The van der Waals surface area contributed by atoms with E-state index < -0.39 is 6.09 Å². The van der Waals surface area contributed by atoms with Crippen LogP contribution in [0.25, 0.3) is 11.0 Å². The molecule has 1 fully saturated rings. The van der Waals surface area contributed by atoms with Crippen LogP contribution in [-0.2, 0) is 22.6 Å². The fraction of sp³-hybridized carbons (Fsp3) is 0.407. The molecular formula is C27H32ClN5O3. The Morgan fingerprint density at radius 3 is 2.58 bits per heavy atom. The van der Waals surface area contributed by atoms with Crippen LogP contribution in [0, 0.1) is 11.3 Å². The number of primary amides is 1. The van der Waals surface area contributed by atoms with Gasteiger partial charge in [-0.2, -0.15) is 5.26 Å². The quantitative estimate of drug-likeness (QED) is 0.338. The van der Waals surface area contributed by atoms with Gasteiger partial charge in [0.05, 0.1) is 23.6 Å². The van der Waals surface area contributed by atoms with E-state index in [1.54, 1.807) is 4.90 Å². The summed E-state index contributed by atoms with van der Waals surface area (Å²) in [5.74, 6) is 0.889. The van der Waals surface area contributed by atoms with E-state index in [9.17, 15) is 9.59 Å². The van der Waals surface area contributed by atoms with Crippen LogP contribution in [-0.4, -0.2) is 27.7 Å². The van der Waals surface area contributed by atoms with Crippen molar-refractivity contribution in [1.82, 2.24) is 9.55 Å². The predicted octanol–water partition coefficient (Wildman–Crippen LogP) is 5.96. The second-order valence-electron chi connectivity index (χ2n) is 8.63. The molecule has 0 spiro atoms. The van der Waals surface area contributed by atoms with Gasteiger partial charge in [0.1, 0.15) is 11.9 Å². The number of unbranched alkanes of at least 4 members (excludes halogenated alkanes) is 2. The summed E-state index contributed by atoms with van der Waals surface area (Å²) >= 11 is 6.16. The molecule has 0 radical (unpaired) electrons. The maximum atomic E-state index is 13.0. The molecule has 2 amide bonds. The Balaban J connectivity index is 0.000000444. The Morgan fingerprint density at radius 2 is 1.97 bits per heavy atom. The molecule has 0 atom stereocenters. The van der Waals surface area contributed by atoms with Crippen LogP contribution in [0.5, 0.6) is 0 Å². The van der Waals surface area contributed by atoms with Crippen molar-refractivity contribution in [1.29, 1.82) is 5.26 Å². The zero-order valence-electron chi connectivity index (χ0n) is 20.5. The van der Waals surface area contributed by atoms with Crippen molar-refractivity contribution in [3.63, 3.8) is 0 Å². The number of rotatable bonds is 10. The number of nitrogens with two attached hydrogens (primary N) is 1. The number of benzene rings is 2. The number of hydrogen-bond acceptors (Lipinski definition) is 5. The third kappa shape index (κ3) is 7.99. The molecule has 1 aromatic heterocycles. The smallest absolute Gasteiger partial charge is 0.404 e. The van der Waals surface area contributed by atoms with E-state index in [1.807, 2.05) is 48.5 Å². The number of anilines is 1. The molecule has 8 nitrogen and oxygen atoms in total. The van der Waals surface area contributed by atoms with Crippen LogP contribution in [0.4, 0.5) is 10.5 Å². The molecule has 4 rings (SSSR count). The molecule has 36 heavy (non-hydrogen) atoms. The molecule has 3 aromatic rings. The summed E-state index contributed by atoms with van der Waals surface area (Å²) in [5, 5.41) is 9.55. The average molecular weight is 510 g/mol. The van der Waals surface area contributed by atoms with Gasteiger partial charge < -0.3 is 19.9 Å². The summed E-state index contributed by atoms with van der Waals surface area (Å²) in [6, 6.07) is 17.5. The van der Waals surface area contributed by atoms with Crippen molar-refractivity contribution in [2.45, 2.75) is 71.1 Å². The summed E-state index contributed by atoms with van der Waals surface area (Å²) in [6.07, 6.45) is 5.02.